The van der Waals surface area contributed by atoms with Gasteiger partial charge < -0.3 is 9.47 Å². The molecule has 1 heterocycles. The number of benzene rings is 3. The van der Waals surface area contributed by atoms with Crippen molar-refractivity contribution in [3.63, 3.8) is 0 Å². The Balaban J connectivity index is 1.63. The van der Waals surface area contributed by atoms with Crippen molar-refractivity contribution < 1.29 is 32.2 Å². The Morgan fingerprint density at radius 3 is 1.97 bits per heavy atom. The topological polar surface area (TPSA) is 55.8 Å². The highest BCUT2D eigenvalue weighted by molar-refractivity contribution is 6.23. The number of hydrogen-bond acceptors (Lipinski definition) is 4. The van der Waals surface area contributed by atoms with E-state index in [0.29, 0.717) is 0 Å². The Bertz CT molecular complexity index is 1350. The van der Waals surface area contributed by atoms with Gasteiger partial charge in [0.15, 0.2) is 6.29 Å². The van der Waals surface area contributed by atoms with Crippen LogP contribution in [0.3, 0.4) is 0 Å². The van der Waals surface area contributed by atoms with Crippen LogP contribution in [0.15, 0.2) is 72.8 Å². The quantitative estimate of drug-likeness (QED) is 0.384. The molecule has 0 spiro atoms. The number of methoxy groups -OCH3 is 2. The number of amides is 2. The number of imide groups is 1. The summed E-state index contributed by atoms with van der Waals surface area (Å²) in [6.45, 7) is 0. The molecule has 0 aromatic heterocycles. The summed E-state index contributed by atoms with van der Waals surface area (Å²) in [6.07, 6.45) is -5.54. The standard InChI is InChI=1S/C28H22F3NO4/c1-35-26(36-2)27-19-12-5-3-10-17(19)21(18-11-4-6-13-20(18)27)22-23(27)25(34)32(24(22)33)16-9-7-8-15(14-16)28(29,30)31/h3-14,21-23,26H,1-2H3/t21?,22-,23-,27?/m1/s1. The van der Waals surface area contributed by atoms with E-state index in [4.69, 9.17) is 9.47 Å². The predicted octanol–water partition coefficient (Wildman–Crippen LogP) is 4.88. The zero-order valence-corrected chi connectivity index (χ0v) is 19.5. The molecular formula is C28H22F3NO4. The first-order valence-electron chi connectivity index (χ1n) is 11.6. The third-order valence-electron chi connectivity index (χ3n) is 7.92. The molecule has 3 aliphatic carbocycles. The number of carbonyl (C=O) groups is 2. The van der Waals surface area contributed by atoms with Crippen molar-refractivity contribution in [2.24, 2.45) is 11.8 Å². The van der Waals surface area contributed by atoms with E-state index in [-0.39, 0.29) is 5.69 Å². The van der Waals surface area contributed by atoms with E-state index in [9.17, 15) is 22.8 Å². The summed E-state index contributed by atoms with van der Waals surface area (Å²) >= 11 is 0. The van der Waals surface area contributed by atoms with Crippen molar-refractivity contribution in [1.29, 1.82) is 0 Å². The molecule has 2 bridgehead atoms. The van der Waals surface area contributed by atoms with Crippen LogP contribution in [0.4, 0.5) is 18.9 Å². The molecule has 8 heteroatoms. The lowest BCUT2D eigenvalue weighted by Crippen LogP contribution is -2.60. The van der Waals surface area contributed by atoms with E-state index in [2.05, 4.69) is 0 Å². The summed E-state index contributed by atoms with van der Waals surface area (Å²) < 4.78 is 52.1. The summed E-state index contributed by atoms with van der Waals surface area (Å²) in [5.41, 5.74) is 1.26. The Labute approximate surface area is 205 Å². The normalized spacial score (nSPS) is 26.3. The van der Waals surface area contributed by atoms with Gasteiger partial charge in [-0.1, -0.05) is 54.6 Å². The third-order valence-corrected chi connectivity index (χ3v) is 7.92. The lowest BCUT2D eigenvalue weighted by atomic mass is 9.47. The largest absolute Gasteiger partial charge is 0.416 e. The van der Waals surface area contributed by atoms with Crippen molar-refractivity contribution >= 4 is 17.5 Å². The molecule has 0 N–H and O–H groups in total. The maximum Gasteiger partial charge on any atom is 0.416 e. The molecule has 1 aliphatic heterocycles. The lowest BCUT2D eigenvalue weighted by molar-refractivity contribution is -0.168. The van der Waals surface area contributed by atoms with Gasteiger partial charge in [0.05, 0.1) is 28.5 Å². The van der Waals surface area contributed by atoms with Crippen LogP contribution in [0.1, 0.15) is 33.7 Å². The number of alkyl halides is 3. The second-order valence-electron chi connectivity index (χ2n) is 9.39. The molecule has 1 fully saturated rings. The van der Waals surface area contributed by atoms with Gasteiger partial charge in [-0.05, 0) is 40.5 Å². The number of nitrogens with zero attached hydrogens (tertiary/aromatic N) is 1. The second kappa shape index (κ2) is 7.75. The number of halogens is 3. The van der Waals surface area contributed by atoms with Gasteiger partial charge in [0.1, 0.15) is 0 Å². The maximum atomic E-state index is 14.2. The van der Waals surface area contributed by atoms with Gasteiger partial charge in [0.2, 0.25) is 11.8 Å². The molecule has 0 saturated carbocycles. The fourth-order valence-corrected chi connectivity index (χ4v) is 6.77. The number of hydrogen-bond donors (Lipinski definition) is 0. The monoisotopic (exact) mass is 493 g/mol. The number of rotatable bonds is 4. The number of anilines is 1. The summed E-state index contributed by atoms with van der Waals surface area (Å²) in [4.78, 5) is 29.1. The van der Waals surface area contributed by atoms with Crippen LogP contribution >= 0.6 is 0 Å². The molecule has 0 unspecified atom stereocenters. The highest BCUT2D eigenvalue weighted by atomic mass is 19.4. The van der Waals surface area contributed by atoms with Crippen LogP contribution in [-0.4, -0.2) is 32.3 Å². The first-order chi connectivity index (χ1) is 17.3. The molecule has 3 aromatic rings. The van der Waals surface area contributed by atoms with Gasteiger partial charge in [-0.2, -0.15) is 13.2 Å². The second-order valence-corrected chi connectivity index (χ2v) is 9.39. The van der Waals surface area contributed by atoms with Crippen LogP contribution in [-0.2, 0) is 30.7 Å². The van der Waals surface area contributed by atoms with Crippen molar-refractivity contribution in [1.82, 2.24) is 0 Å². The van der Waals surface area contributed by atoms with E-state index in [0.717, 1.165) is 39.3 Å². The van der Waals surface area contributed by atoms with Gasteiger partial charge in [0.25, 0.3) is 0 Å². The molecule has 36 heavy (non-hydrogen) atoms. The van der Waals surface area contributed by atoms with Gasteiger partial charge in [0, 0.05) is 20.1 Å². The zero-order chi connectivity index (χ0) is 25.4. The highest BCUT2D eigenvalue weighted by Crippen LogP contribution is 2.65. The fourth-order valence-electron chi connectivity index (χ4n) is 6.77. The van der Waals surface area contributed by atoms with E-state index in [1.807, 2.05) is 48.5 Å². The van der Waals surface area contributed by atoms with Crippen LogP contribution < -0.4 is 4.90 Å². The van der Waals surface area contributed by atoms with E-state index >= 15 is 0 Å². The molecule has 7 rings (SSSR count). The van der Waals surface area contributed by atoms with Gasteiger partial charge >= 0.3 is 6.18 Å². The average Bonchev–Trinajstić information content (AvgIpc) is 3.15. The highest BCUT2D eigenvalue weighted by Gasteiger charge is 2.71. The van der Waals surface area contributed by atoms with Crippen molar-refractivity contribution in [2.75, 3.05) is 19.1 Å². The van der Waals surface area contributed by atoms with Crippen molar-refractivity contribution in [3.05, 3.63) is 101 Å². The Hall–Kier alpha value is -3.49. The number of ether oxygens (including phenoxy) is 2. The van der Waals surface area contributed by atoms with E-state index in [1.54, 1.807) is 0 Å². The third kappa shape index (κ3) is 2.74. The molecule has 1 saturated heterocycles. The molecule has 3 aromatic carbocycles. The van der Waals surface area contributed by atoms with Crippen LogP contribution in [0.25, 0.3) is 0 Å². The van der Waals surface area contributed by atoms with Crippen LogP contribution in [0.2, 0.25) is 0 Å². The maximum absolute atomic E-state index is 14.2. The van der Waals surface area contributed by atoms with Crippen molar-refractivity contribution in [2.45, 2.75) is 23.8 Å². The Kier molecular flexibility index (Phi) is 4.94. The van der Waals surface area contributed by atoms with Crippen LogP contribution in [0.5, 0.6) is 0 Å². The molecule has 0 radical (unpaired) electrons. The Morgan fingerprint density at radius 2 is 1.42 bits per heavy atom. The summed E-state index contributed by atoms with van der Waals surface area (Å²) in [5.74, 6) is -3.24. The molecule has 5 nitrogen and oxygen atoms in total. The smallest absolute Gasteiger partial charge is 0.355 e. The average molecular weight is 493 g/mol. The summed E-state index contributed by atoms with van der Waals surface area (Å²) in [5, 5.41) is 0. The van der Waals surface area contributed by atoms with Gasteiger partial charge in [-0.15, -0.1) is 0 Å². The molecule has 2 atom stereocenters. The fraction of sp³-hybridized carbons (Fsp3) is 0.286. The molecular weight excluding hydrogens is 471 g/mol. The van der Waals surface area contributed by atoms with Gasteiger partial charge in [-0.25, -0.2) is 4.90 Å². The first kappa shape index (κ1) is 22.9. The minimum absolute atomic E-state index is 0.0942. The predicted molar refractivity (Wildman–Crippen MR) is 124 cm³/mol. The first-order valence-corrected chi connectivity index (χ1v) is 11.6. The summed E-state index contributed by atoms with van der Waals surface area (Å²) in [6, 6.07) is 19.6. The molecule has 4 aliphatic rings. The lowest BCUT2D eigenvalue weighted by Gasteiger charge is -2.56. The summed E-state index contributed by atoms with van der Waals surface area (Å²) in [7, 11) is 2.96. The van der Waals surface area contributed by atoms with E-state index < -0.39 is 53.0 Å². The minimum atomic E-state index is -4.61. The van der Waals surface area contributed by atoms with Crippen LogP contribution in [0, 0.1) is 11.8 Å². The van der Waals surface area contributed by atoms with E-state index in [1.165, 1.54) is 26.4 Å². The molecule has 184 valence electrons. The zero-order valence-electron chi connectivity index (χ0n) is 19.5. The van der Waals surface area contributed by atoms with Gasteiger partial charge in [-0.3, -0.25) is 9.59 Å². The number of carbonyl (C=O) groups excluding carboxylic acids is 2. The Morgan fingerprint density at radius 1 is 0.833 bits per heavy atom. The SMILES string of the molecule is COC(OC)C12c3ccccc3C(c3ccccc31)[C@H]1C(=O)N(c3cccc(C(F)(F)F)c3)C(=O)[C@@H]12. The molecule has 2 amide bonds. The minimum Gasteiger partial charge on any atom is -0.355 e. The van der Waals surface area contributed by atoms with Crippen molar-refractivity contribution in [3.8, 4) is 0 Å².